The Hall–Kier alpha value is -1.88. The van der Waals surface area contributed by atoms with Gasteiger partial charge in [-0.05, 0) is 50.3 Å². The van der Waals surface area contributed by atoms with Crippen LogP contribution in [0.5, 0.6) is 0 Å². The number of hydrogen-bond acceptors (Lipinski definition) is 3. The molecule has 130 valence electrons. The molecule has 3 rings (SSSR count). The van der Waals surface area contributed by atoms with E-state index in [1.54, 1.807) is 0 Å². The van der Waals surface area contributed by atoms with Gasteiger partial charge in [0.25, 0.3) is 0 Å². The maximum absolute atomic E-state index is 12.2. The average Bonchev–Trinajstić information content (AvgIpc) is 3.21. The Labute approximate surface area is 143 Å². The Morgan fingerprint density at radius 2 is 1.83 bits per heavy atom. The van der Waals surface area contributed by atoms with Crippen LogP contribution < -0.4 is 10.6 Å². The van der Waals surface area contributed by atoms with Gasteiger partial charge in [-0.1, -0.05) is 25.0 Å². The quantitative estimate of drug-likeness (QED) is 0.837. The number of hydrogen-bond donors (Lipinski definition) is 2. The first-order chi connectivity index (χ1) is 11.5. The third-order valence-corrected chi connectivity index (χ3v) is 5.24. The molecular weight excluding hydrogens is 302 g/mol. The number of aryl methyl sites for hydroxylation is 2. The van der Waals surface area contributed by atoms with Gasteiger partial charge in [-0.15, -0.1) is 0 Å². The van der Waals surface area contributed by atoms with Crippen molar-refractivity contribution in [1.29, 1.82) is 0 Å². The van der Waals surface area contributed by atoms with E-state index in [4.69, 9.17) is 0 Å². The van der Waals surface area contributed by atoms with Gasteiger partial charge in [0.2, 0.25) is 0 Å². The van der Waals surface area contributed by atoms with Crippen molar-refractivity contribution in [3.05, 3.63) is 29.3 Å². The molecule has 1 aromatic rings. The molecule has 1 saturated carbocycles. The van der Waals surface area contributed by atoms with Crippen LogP contribution in [-0.4, -0.2) is 41.9 Å². The van der Waals surface area contributed by atoms with Crippen LogP contribution in [0.2, 0.25) is 0 Å². The van der Waals surface area contributed by atoms with E-state index >= 15 is 0 Å². The fourth-order valence-corrected chi connectivity index (χ4v) is 3.81. The molecule has 0 aromatic heterocycles. The maximum atomic E-state index is 12.2. The van der Waals surface area contributed by atoms with Crippen LogP contribution in [0.3, 0.4) is 0 Å². The predicted octanol–water partition coefficient (Wildman–Crippen LogP) is 2.38. The van der Waals surface area contributed by atoms with Gasteiger partial charge in [-0.25, -0.2) is 0 Å². The van der Waals surface area contributed by atoms with E-state index in [2.05, 4.69) is 15.5 Å². The molecule has 0 bridgehead atoms. The highest BCUT2D eigenvalue weighted by atomic mass is 16.2. The molecule has 2 aliphatic rings. The van der Waals surface area contributed by atoms with Gasteiger partial charge in [-0.3, -0.25) is 14.5 Å². The molecule has 2 fully saturated rings. The minimum atomic E-state index is -0.581. The van der Waals surface area contributed by atoms with Crippen LogP contribution in [0.25, 0.3) is 0 Å². The van der Waals surface area contributed by atoms with Crippen molar-refractivity contribution in [3.63, 3.8) is 0 Å². The van der Waals surface area contributed by atoms with Crippen molar-refractivity contribution in [2.24, 2.45) is 0 Å². The summed E-state index contributed by atoms with van der Waals surface area (Å²) in [5.41, 5.74) is 2.71. The van der Waals surface area contributed by atoms with E-state index in [9.17, 15) is 9.59 Å². The van der Waals surface area contributed by atoms with Gasteiger partial charge in [-0.2, -0.15) is 0 Å². The van der Waals surface area contributed by atoms with Crippen LogP contribution in [-0.2, 0) is 9.59 Å². The Balaban J connectivity index is 1.51. The number of amides is 2. The van der Waals surface area contributed by atoms with Crippen molar-refractivity contribution in [2.75, 3.05) is 18.4 Å². The summed E-state index contributed by atoms with van der Waals surface area (Å²) >= 11 is 0. The molecule has 1 aromatic carbocycles. The summed E-state index contributed by atoms with van der Waals surface area (Å²) in [6, 6.07) is 6.58. The van der Waals surface area contributed by atoms with Crippen LogP contribution in [0, 0.1) is 13.8 Å². The Morgan fingerprint density at radius 1 is 1.08 bits per heavy atom. The summed E-state index contributed by atoms with van der Waals surface area (Å²) in [5.74, 6) is -1.11. The van der Waals surface area contributed by atoms with E-state index < -0.39 is 11.8 Å². The highest BCUT2D eigenvalue weighted by molar-refractivity contribution is 6.39. The summed E-state index contributed by atoms with van der Waals surface area (Å²) in [6.07, 6.45) is 6.10. The molecule has 0 radical (unpaired) electrons. The zero-order valence-corrected chi connectivity index (χ0v) is 14.6. The molecular formula is C19H27N3O2. The van der Waals surface area contributed by atoms with Crippen LogP contribution in [0.1, 0.15) is 43.2 Å². The highest BCUT2D eigenvalue weighted by Gasteiger charge is 2.31. The topological polar surface area (TPSA) is 61.4 Å². The lowest BCUT2D eigenvalue weighted by Gasteiger charge is -2.23. The van der Waals surface area contributed by atoms with Crippen molar-refractivity contribution in [3.8, 4) is 0 Å². The maximum Gasteiger partial charge on any atom is 0.313 e. The Bertz CT molecular complexity index is 623. The highest BCUT2D eigenvalue weighted by Crippen LogP contribution is 2.26. The molecule has 0 spiro atoms. The minimum absolute atomic E-state index is 0.0856. The number of nitrogens with one attached hydrogen (secondary N) is 2. The average molecular weight is 329 g/mol. The zero-order chi connectivity index (χ0) is 17.1. The molecule has 5 heteroatoms. The fourth-order valence-electron chi connectivity index (χ4n) is 3.81. The van der Waals surface area contributed by atoms with Gasteiger partial charge < -0.3 is 10.6 Å². The largest absolute Gasteiger partial charge is 0.344 e. The monoisotopic (exact) mass is 329 g/mol. The SMILES string of the molecule is Cc1ccc(C)c(NC(=O)C(=O)N[C@H]2CCN(C3CCCC3)C2)c1. The summed E-state index contributed by atoms with van der Waals surface area (Å²) < 4.78 is 0. The van der Waals surface area contributed by atoms with E-state index in [1.165, 1.54) is 25.7 Å². The number of anilines is 1. The fraction of sp³-hybridized carbons (Fsp3) is 0.579. The molecule has 2 amide bonds. The van der Waals surface area contributed by atoms with Gasteiger partial charge in [0, 0.05) is 30.9 Å². The second kappa shape index (κ2) is 7.34. The molecule has 24 heavy (non-hydrogen) atoms. The minimum Gasteiger partial charge on any atom is -0.344 e. The van der Waals surface area contributed by atoms with E-state index in [0.717, 1.165) is 30.6 Å². The van der Waals surface area contributed by atoms with Crippen LogP contribution >= 0.6 is 0 Å². The second-order valence-electron chi connectivity index (χ2n) is 7.16. The molecule has 1 aliphatic carbocycles. The Kier molecular flexibility index (Phi) is 5.19. The molecule has 1 atom stereocenters. The van der Waals surface area contributed by atoms with Crippen molar-refractivity contribution < 1.29 is 9.59 Å². The standard InChI is InChI=1S/C19H27N3O2/c1-13-7-8-14(2)17(11-13)21-19(24)18(23)20-15-9-10-22(12-15)16-5-3-4-6-16/h7-8,11,15-16H,3-6,9-10,12H2,1-2H3,(H,20,23)(H,21,24)/t15-/m0/s1. The summed E-state index contributed by atoms with van der Waals surface area (Å²) in [7, 11) is 0. The number of carbonyl (C=O) groups is 2. The number of likely N-dealkylation sites (tertiary alicyclic amines) is 1. The first-order valence-corrected chi connectivity index (χ1v) is 8.96. The number of rotatable bonds is 3. The summed E-state index contributed by atoms with van der Waals surface area (Å²) in [4.78, 5) is 26.8. The van der Waals surface area contributed by atoms with Crippen molar-refractivity contribution in [2.45, 2.75) is 58.0 Å². The van der Waals surface area contributed by atoms with E-state index in [-0.39, 0.29) is 6.04 Å². The van der Waals surface area contributed by atoms with E-state index in [0.29, 0.717) is 11.7 Å². The Morgan fingerprint density at radius 3 is 2.58 bits per heavy atom. The van der Waals surface area contributed by atoms with Gasteiger partial charge in [0.1, 0.15) is 0 Å². The lowest BCUT2D eigenvalue weighted by Crippen LogP contribution is -2.44. The third-order valence-electron chi connectivity index (χ3n) is 5.24. The molecule has 1 saturated heterocycles. The van der Waals surface area contributed by atoms with Gasteiger partial charge in [0.15, 0.2) is 0 Å². The molecule has 1 aliphatic heterocycles. The van der Waals surface area contributed by atoms with Gasteiger partial charge in [0.05, 0.1) is 0 Å². The summed E-state index contributed by atoms with van der Waals surface area (Å²) in [5, 5.41) is 5.62. The molecule has 2 N–H and O–H groups in total. The number of nitrogens with zero attached hydrogens (tertiary/aromatic N) is 1. The zero-order valence-electron chi connectivity index (χ0n) is 14.6. The van der Waals surface area contributed by atoms with Gasteiger partial charge >= 0.3 is 11.8 Å². The van der Waals surface area contributed by atoms with Crippen molar-refractivity contribution >= 4 is 17.5 Å². The summed E-state index contributed by atoms with van der Waals surface area (Å²) in [6.45, 7) is 5.77. The lowest BCUT2D eigenvalue weighted by molar-refractivity contribution is -0.136. The third kappa shape index (κ3) is 3.96. The van der Waals surface area contributed by atoms with Crippen LogP contribution in [0.4, 0.5) is 5.69 Å². The smallest absolute Gasteiger partial charge is 0.313 e. The van der Waals surface area contributed by atoms with E-state index in [1.807, 2.05) is 32.0 Å². The first kappa shape index (κ1) is 17.0. The lowest BCUT2D eigenvalue weighted by atomic mass is 10.1. The molecule has 1 heterocycles. The first-order valence-electron chi connectivity index (χ1n) is 8.96. The number of benzene rings is 1. The normalized spacial score (nSPS) is 21.8. The second-order valence-corrected chi connectivity index (χ2v) is 7.16. The van der Waals surface area contributed by atoms with Crippen molar-refractivity contribution in [1.82, 2.24) is 10.2 Å². The molecule has 0 unspecified atom stereocenters. The predicted molar refractivity (Wildman–Crippen MR) is 94.9 cm³/mol. The number of carbonyl (C=O) groups excluding carboxylic acids is 2. The molecule has 5 nitrogen and oxygen atoms in total. The van der Waals surface area contributed by atoms with Crippen LogP contribution in [0.15, 0.2) is 18.2 Å².